The molecule has 108 valence electrons. The number of aliphatic hydroxyl groups is 1. The minimum Gasteiger partial charge on any atom is -0.392 e. The third-order valence-electron chi connectivity index (χ3n) is 3.07. The summed E-state index contributed by atoms with van der Waals surface area (Å²) in [5, 5.41) is 9.66. The second-order valence-electron chi connectivity index (χ2n) is 4.93. The molecule has 0 bridgehead atoms. The van der Waals surface area contributed by atoms with Gasteiger partial charge in [0.25, 0.3) is 0 Å². The molecule has 0 amide bonds. The van der Waals surface area contributed by atoms with Gasteiger partial charge in [-0.25, -0.2) is 8.42 Å². The minimum absolute atomic E-state index is 0.166. The van der Waals surface area contributed by atoms with E-state index in [0.29, 0.717) is 24.2 Å². The Bertz CT molecular complexity index is 497. The molecule has 0 radical (unpaired) electrons. The van der Waals surface area contributed by atoms with Gasteiger partial charge in [-0.3, -0.25) is 0 Å². The fourth-order valence-corrected chi connectivity index (χ4v) is 3.25. The molecule has 3 N–H and O–H groups in total. The van der Waals surface area contributed by atoms with Crippen molar-refractivity contribution >= 4 is 9.84 Å². The molecule has 0 aliphatic carbocycles. The number of hydrogen-bond donors (Lipinski definition) is 2. The molecule has 0 fully saturated rings. The largest absolute Gasteiger partial charge is 0.392 e. The van der Waals surface area contributed by atoms with Gasteiger partial charge in [0.05, 0.1) is 16.8 Å². The summed E-state index contributed by atoms with van der Waals surface area (Å²) in [6, 6.07) is 6.66. The maximum absolute atomic E-state index is 12.0. The molecular formula is C14H23NO3S. The van der Waals surface area contributed by atoms with Crippen LogP contribution in [0.1, 0.15) is 32.3 Å². The van der Waals surface area contributed by atoms with Crippen LogP contribution in [0.5, 0.6) is 0 Å². The van der Waals surface area contributed by atoms with E-state index in [1.807, 2.05) is 13.0 Å². The van der Waals surface area contributed by atoms with Crippen molar-refractivity contribution in [3.63, 3.8) is 0 Å². The standard InChI is InChI=1S/C14H23NO3S/c1-3-9-19(17,18)13-6-4-5-12(10-13)7-8-14(16)11(2)15/h4-6,10-11,14,16H,3,7-9,15H2,1-2H3. The molecule has 1 aromatic carbocycles. The molecule has 1 aromatic rings. The van der Waals surface area contributed by atoms with E-state index >= 15 is 0 Å². The number of hydrogen-bond acceptors (Lipinski definition) is 4. The molecule has 5 heteroatoms. The van der Waals surface area contributed by atoms with Gasteiger partial charge in [0.2, 0.25) is 0 Å². The van der Waals surface area contributed by atoms with E-state index in [1.54, 1.807) is 25.1 Å². The number of benzene rings is 1. The first kappa shape index (κ1) is 16.1. The second kappa shape index (κ2) is 7.03. The lowest BCUT2D eigenvalue weighted by Gasteiger charge is -2.14. The van der Waals surface area contributed by atoms with Crippen LogP contribution in [-0.2, 0) is 16.3 Å². The van der Waals surface area contributed by atoms with E-state index in [4.69, 9.17) is 5.73 Å². The molecule has 4 nitrogen and oxygen atoms in total. The van der Waals surface area contributed by atoms with Gasteiger partial charge < -0.3 is 10.8 Å². The van der Waals surface area contributed by atoms with Crippen LogP contribution in [-0.4, -0.2) is 31.4 Å². The molecule has 0 aliphatic heterocycles. The fourth-order valence-electron chi connectivity index (χ4n) is 1.86. The molecule has 0 saturated carbocycles. The van der Waals surface area contributed by atoms with Crippen LogP contribution in [0, 0.1) is 0 Å². The molecule has 2 atom stereocenters. The van der Waals surface area contributed by atoms with Crippen molar-refractivity contribution in [3.05, 3.63) is 29.8 Å². The first-order valence-corrected chi connectivity index (χ1v) is 8.27. The Morgan fingerprint density at radius 3 is 2.63 bits per heavy atom. The molecule has 1 rings (SSSR count). The smallest absolute Gasteiger partial charge is 0.178 e. The third-order valence-corrected chi connectivity index (χ3v) is 4.98. The molecule has 0 aliphatic rings. The summed E-state index contributed by atoms with van der Waals surface area (Å²) in [6.07, 6.45) is 1.21. The zero-order valence-corrected chi connectivity index (χ0v) is 12.4. The maximum atomic E-state index is 12.0. The summed E-state index contributed by atoms with van der Waals surface area (Å²) < 4.78 is 23.9. The summed E-state index contributed by atoms with van der Waals surface area (Å²) in [4.78, 5) is 0.363. The Hall–Kier alpha value is -0.910. The van der Waals surface area contributed by atoms with Crippen molar-refractivity contribution in [3.8, 4) is 0 Å². The van der Waals surface area contributed by atoms with Gasteiger partial charge >= 0.3 is 0 Å². The maximum Gasteiger partial charge on any atom is 0.178 e. The second-order valence-corrected chi connectivity index (χ2v) is 7.04. The van der Waals surface area contributed by atoms with Crippen molar-refractivity contribution in [1.82, 2.24) is 0 Å². The fraction of sp³-hybridized carbons (Fsp3) is 0.571. The van der Waals surface area contributed by atoms with Crippen LogP contribution in [0.2, 0.25) is 0 Å². The quantitative estimate of drug-likeness (QED) is 0.796. The van der Waals surface area contributed by atoms with E-state index in [1.165, 1.54) is 0 Å². The summed E-state index contributed by atoms with van der Waals surface area (Å²) in [7, 11) is -3.17. The SMILES string of the molecule is CCCS(=O)(=O)c1cccc(CCC(O)C(C)N)c1. The Morgan fingerprint density at radius 1 is 1.37 bits per heavy atom. The Balaban J connectivity index is 2.78. The molecule has 0 saturated heterocycles. The van der Waals surface area contributed by atoms with Crippen molar-refractivity contribution in [1.29, 1.82) is 0 Å². The summed E-state index contributed by atoms with van der Waals surface area (Å²) in [5.74, 6) is 0.166. The highest BCUT2D eigenvalue weighted by Crippen LogP contribution is 2.16. The molecule has 0 aromatic heterocycles. The topological polar surface area (TPSA) is 80.4 Å². The van der Waals surface area contributed by atoms with Gasteiger partial charge in [-0.05, 0) is 43.9 Å². The van der Waals surface area contributed by atoms with Crippen molar-refractivity contribution in [2.45, 2.75) is 50.2 Å². The highest BCUT2D eigenvalue weighted by Gasteiger charge is 2.14. The van der Waals surface area contributed by atoms with Crippen LogP contribution in [0.25, 0.3) is 0 Å². The van der Waals surface area contributed by atoms with Gasteiger partial charge in [-0.15, -0.1) is 0 Å². The number of sulfone groups is 1. The van der Waals surface area contributed by atoms with Crippen LogP contribution >= 0.6 is 0 Å². The lowest BCUT2D eigenvalue weighted by atomic mass is 10.0. The van der Waals surface area contributed by atoms with Gasteiger partial charge in [0.1, 0.15) is 0 Å². The predicted molar refractivity (Wildman–Crippen MR) is 76.8 cm³/mol. The van der Waals surface area contributed by atoms with Gasteiger partial charge in [-0.2, -0.15) is 0 Å². The highest BCUT2D eigenvalue weighted by atomic mass is 32.2. The molecule has 2 unspecified atom stereocenters. The first-order valence-electron chi connectivity index (χ1n) is 6.62. The van der Waals surface area contributed by atoms with Gasteiger partial charge in [-0.1, -0.05) is 19.1 Å². The Kier molecular flexibility index (Phi) is 5.97. The van der Waals surface area contributed by atoms with Crippen molar-refractivity contribution < 1.29 is 13.5 Å². The zero-order valence-electron chi connectivity index (χ0n) is 11.5. The van der Waals surface area contributed by atoms with E-state index < -0.39 is 15.9 Å². The van der Waals surface area contributed by atoms with Crippen molar-refractivity contribution in [2.75, 3.05) is 5.75 Å². The number of nitrogens with two attached hydrogens (primary N) is 1. The van der Waals surface area contributed by atoms with Crippen LogP contribution in [0.3, 0.4) is 0 Å². The lowest BCUT2D eigenvalue weighted by Crippen LogP contribution is -2.31. The zero-order chi connectivity index (χ0) is 14.5. The van der Waals surface area contributed by atoms with E-state index in [2.05, 4.69) is 0 Å². The van der Waals surface area contributed by atoms with Crippen LogP contribution in [0.15, 0.2) is 29.2 Å². The Morgan fingerprint density at radius 2 is 2.05 bits per heavy atom. The lowest BCUT2D eigenvalue weighted by molar-refractivity contribution is 0.141. The summed E-state index contributed by atoms with van der Waals surface area (Å²) in [6.45, 7) is 3.60. The molecule has 0 spiro atoms. The van der Waals surface area contributed by atoms with Crippen LogP contribution < -0.4 is 5.73 Å². The monoisotopic (exact) mass is 285 g/mol. The Labute approximate surface area is 115 Å². The average Bonchev–Trinajstić information content (AvgIpc) is 2.36. The highest BCUT2D eigenvalue weighted by molar-refractivity contribution is 7.91. The number of aryl methyl sites for hydroxylation is 1. The minimum atomic E-state index is -3.17. The first-order chi connectivity index (χ1) is 8.86. The number of aliphatic hydroxyl groups excluding tert-OH is 1. The van der Waals surface area contributed by atoms with Gasteiger partial charge in [0.15, 0.2) is 9.84 Å². The van der Waals surface area contributed by atoms with E-state index in [-0.39, 0.29) is 11.8 Å². The molecular weight excluding hydrogens is 262 g/mol. The average molecular weight is 285 g/mol. The van der Waals surface area contributed by atoms with Crippen LogP contribution in [0.4, 0.5) is 0 Å². The predicted octanol–water partition coefficient (Wildman–Crippen LogP) is 1.51. The molecule has 0 heterocycles. The number of rotatable bonds is 7. The van der Waals surface area contributed by atoms with E-state index in [9.17, 15) is 13.5 Å². The summed E-state index contributed by atoms with van der Waals surface area (Å²) >= 11 is 0. The summed E-state index contributed by atoms with van der Waals surface area (Å²) in [5.41, 5.74) is 6.51. The van der Waals surface area contributed by atoms with Gasteiger partial charge in [0, 0.05) is 6.04 Å². The third kappa shape index (κ3) is 4.93. The normalized spacial score (nSPS) is 15.2. The molecule has 19 heavy (non-hydrogen) atoms. The van der Waals surface area contributed by atoms with Crippen molar-refractivity contribution in [2.24, 2.45) is 5.73 Å². The van der Waals surface area contributed by atoms with E-state index in [0.717, 1.165) is 5.56 Å².